The van der Waals surface area contributed by atoms with Gasteiger partial charge in [0.2, 0.25) is 5.91 Å². The van der Waals surface area contributed by atoms with Crippen molar-refractivity contribution in [3.63, 3.8) is 0 Å². The Morgan fingerprint density at radius 1 is 1.08 bits per heavy atom. The zero-order chi connectivity index (χ0) is 17.5. The first-order chi connectivity index (χ1) is 11.5. The predicted molar refractivity (Wildman–Crippen MR) is 91.5 cm³/mol. The first-order valence-corrected chi connectivity index (χ1v) is 7.75. The standard InChI is InChI=1S/C19H21NO4/c1-13(15-7-9-17(24-2)10-8-15)18(21)20-12-11-14-3-5-16(6-4-14)19(22)23/h3-10,13H,11-12H2,1-2H3,(H,20,21)(H,22,23). The van der Waals surface area contributed by atoms with E-state index in [0.29, 0.717) is 13.0 Å². The third-order valence-electron chi connectivity index (χ3n) is 3.92. The molecule has 0 bridgehead atoms. The molecule has 1 unspecified atom stereocenters. The van der Waals surface area contributed by atoms with E-state index in [1.807, 2.05) is 31.2 Å². The number of hydrogen-bond acceptors (Lipinski definition) is 3. The Hall–Kier alpha value is -2.82. The van der Waals surface area contributed by atoms with E-state index in [0.717, 1.165) is 16.9 Å². The lowest BCUT2D eigenvalue weighted by Gasteiger charge is -2.13. The molecule has 126 valence electrons. The van der Waals surface area contributed by atoms with Gasteiger partial charge in [0.25, 0.3) is 0 Å². The second kappa shape index (κ2) is 8.15. The van der Waals surface area contributed by atoms with Crippen LogP contribution in [-0.2, 0) is 11.2 Å². The molecule has 0 spiro atoms. The Morgan fingerprint density at radius 3 is 2.25 bits per heavy atom. The summed E-state index contributed by atoms with van der Waals surface area (Å²) in [6.45, 7) is 2.37. The van der Waals surface area contributed by atoms with Crippen LogP contribution in [0.2, 0.25) is 0 Å². The highest BCUT2D eigenvalue weighted by molar-refractivity contribution is 5.87. The van der Waals surface area contributed by atoms with E-state index in [1.54, 1.807) is 31.4 Å². The third kappa shape index (κ3) is 4.59. The van der Waals surface area contributed by atoms with E-state index in [1.165, 1.54) is 0 Å². The number of benzene rings is 2. The van der Waals surface area contributed by atoms with E-state index in [4.69, 9.17) is 9.84 Å². The number of amides is 1. The van der Waals surface area contributed by atoms with E-state index in [-0.39, 0.29) is 17.4 Å². The number of rotatable bonds is 7. The summed E-state index contributed by atoms with van der Waals surface area (Å²) in [6.07, 6.45) is 0.654. The Bertz CT molecular complexity index is 692. The van der Waals surface area contributed by atoms with Crippen molar-refractivity contribution < 1.29 is 19.4 Å². The molecule has 0 aromatic heterocycles. The van der Waals surface area contributed by atoms with Gasteiger partial charge in [-0.25, -0.2) is 4.79 Å². The molecule has 0 aliphatic rings. The van der Waals surface area contributed by atoms with Crippen LogP contribution in [0.4, 0.5) is 0 Å². The molecular weight excluding hydrogens is 306 g/mol. The van der Waals surface area contributed by atoms with Gasteiger partial charge >= 0.3 is 5.97 Å². The fourth-order valence-electron chi connectivity index (χ4n) is 2.34. The van der Waals surface area contributed by atoms with Gasteiger partial charge < -0.3 is 15.2 Å². The molecule has 0 saturated carbocycles. The van der Waals surface area contributed by atoms with Crippen LogP contribution >= 0.6 is 0 Å². The van der Waals surface area contributed by atoms with Crippen molar-refractivity contribution in [2.45, 2.75) is 19.3 Å². The fraction of sp³-hybridized carbons (Fsp3) is 0.263. The van der Waals surface area contributed by atoms with Gasteiger partial charge in [0, 0.05) is 6.54 Å². The zero-order valence-electron chi connectivity index (χ0n) is 13.8. The minimum absolute atomic E-state index is 0.0395. The van der Waals surface area contributed by atoms with Gasteiger partial charge in [0.1, 0.15) is 5.75 Å². The van der Waals surface area contributed by atoms with Crippen molar-refractivity contribution in [2.75, 3.05) is 13.7 Å². The molecule has 0 heterocycles. The average molecular weight is 327 g/mol. The van der Waals surface area contributed by atoms with Crippen molar-refractivity contribution in [1.82, 2.24) is 5.32 Å². The maximum atomic E-state index is 12.2. The van der Waals surface area contributed by atoms with Crippen LogP contribution in [0.5, 0.6) is 5.75 Å². The highest BCUT2D eigenvalue weighted by Crippen LogP contribution is 2.19. The molecule has 1 amide bonds. The second-order valence-electron chi connectivity index (χ2n) is 5.54. The molecule has 0 fully saturated rings. The second-order valence-corrected chi connectivity index (χ2v) is 5.54. The smallest absolute Gasteiger partial charge is 0.335 e. The minimum Gasteiger partial charge on any atom is -0.497 e. The van der Waals surface area contributed by atoms with Crippen LogP contribution in [0.1, 0.15) is 34.3 Å². The molecule has 2 aromatic rings. The van der Waals surface area contributed by atoms with Crippen molar-refractivity contribution in [3.05, 3.63) is 65.2 Å². The maximum absolute atomic E-state index is 12.2. The van der Waals surface area contributed by atoms with Gasteiger partial charge in [0.05, 0.1) is 18.6 Å². The fourth-order valence-corrected chi connectivity index (χ4v) is 2.34. The summed E-state index contributed by atoms with van der Waals surface area (Å²) < 4.78 is 5.11. The summed E-state index contributed by atoms with van der Waals surface area (Å²) in [7, 11) is 1.61. The van der Waals surface area contributed by atoms with Crippen molar-refractivity contribution in [1.29, 1.82) is 0 Å². The summed E-state index contributed by atoms with van der Waals surface area (Å²) in [4.78, 5) is 23.0. The molecule has 0 saturated heterocycles. The van der Waals surface area contributed by atoms with Crippen LogP contribution in [0, 0.1) is 0 Å². The number of carboxylic acid groups (broad SMARTS) is 1. The van der Waals surface area contributed by atoms with E-state index in [2.05, 4.69) is 5.32 Å². The van der Waals surface area contributed by atoms with Crippen molar-refractivity contribution in [3.8, 4) is 5.75 Å². The maximum Gasteiger partial charge on any atom is 0.335 e. The average Bonchev–Trinajstić information content (AvgIpc) is 2.61. The monoisotopic (exact) mass is 327 g/mol. The molecule has 0 radical (unpaired) electrons. The molecule has 0 aliphatic heterocycles. The molecule has 2 N–H and O–H groups in total. The van der Waals surface area contributed by atoms with Gasteiger partial charge in [-0.3, -0.25) is 4.79 Å². The molecule has 1 atom stereocenters. The number of methoxy groups -OCH3 is 1. The van der Waals surface area contributed by atoms with Crippen LogP contribution in [0.15, 0.2) is 48.5 Å². The molecule has 5 heteroatoms. The summed E-state index contributed by atoms with van der Waals surface area (Å²) in [5.74, 6) is -0.466. The Labute approximate surface area is 141 Å². The first-order valence-electron chi connectivity index (χ1n) is 7.75. The predicted octanol–water partition coefficient (Wildman–Crippen LogP) is 2.86. The lowest BCUT2D eigenvalue weighted by atomic mass is 10.00. The summed E-state index contributed by atoms with van der Waals surface area (Å²) in [5, 5.41) is 11.8. The van der Waals surface area contributed by atoms with Gasteiger partial charge in [0.15, 0.2) is 0 Å². The first kappa shape index (κ1) is 17.5. The summed E-state index contributed by atoms with van der Waals surface area (Å²) >= 11 is 0. The molecule has 2 aromatic carbocycles. The number of aromatic carboxylic acids is 1. The zero-order valence-corrected chi connectivity index (χ0v) is 13.8. The van der Waals surface area contributed by atoms with E-state index < -0.39 is 5.97 Å². The molecular formula is C19H21NO4. The van der Waals surface area contributed by atoms with E-state index in [9.17, 15) is 9.59 Å². The van der Waals surface area contributed by atoms with Crippen molar-refractivity contribution >= 4 is 11.9 Å². The lowest BCUT2D eigenvalue weighted by molar-refractivity contribution is -0.122. The molecule has 2 rings (SSSR count). The van der Waals surface area contributed by atoms with Gasteiger partial charge in [-0.1, -0.05) is 24.3 Å². The topological polar surface area (TPSA) is 75.6 Å². The van der Waals surface area contributed by atoms with Crippen LogP contribution in [-0.4, -0.2) is 30.6 Å². The largest absolute Gasteiger partial charge is 0.497 e. The SMILES string of the molecule is COc1ccc(C(C)C(=O)NCCc2ccc(C(=O)O)cc2)cc1. The van der Waals surface area contributed by atoms with Crippen LogP contribution < -0.4 is 10.1 Å². The lowest BCUT2D eigenvalue weighted by Crippen LogP contribution is -2.29. The molecule has 24 heavy (non-hydrogen) atoms. The highest BCUT2D eigenvalue weighted by atomic mass is 16.5. The Kier molecular flexibility index (Phi) is 5.95. The number of carbonyl (C=O) groups excluding carboxylic acids is 1. The van der Waals surface area contributed by atoms with Crippen LogP contribution in [0.3, 0.4) is 0 Å². The number of carbonyl (C=O) groups is 2. The molecule has 0 aliphatic carbocycles. The molecule has 5 nitrogen and oxygen atoms in total. The summed E-state index contributed by atoms with van der Waals surface area (Å²) in [6, 6.07) is 14.1. The number of carboxylic acids is 1. The normalized spacial score (nSPS) is 11.6. The number of nitrogens with one attached hydrogen (secondary N) is 1. The quantitative estimate of drug-likeness (QED) is 0.820. The minimum atomic E-state index is -0.942. The Balaban J connectivity index is 1.84. The van der Waals surface area contributed by atoms with Crippen molar-refractivity contribution in [2.24, 2.45) is 0 Å². The van der Waals surface area contributed by atoms with Crippen LogP contribution in [0.25, 0.3) is 0 Å². The Morgan fingerprint density at radius 2 is 1.71 bits per heavy atom. The summed E-state index contributed by atoms with van der Waals surface area (Å²) in [5.41, 5.74) is 2.17. The third-order valence-corrected chi connectivity index (χ3v) is 3.92. The number of hydrogen-bond donors (Lipinski definition) is 2. The van der Waals surface area contributed by atoms with E-state index >= 15 is 0 Å². The van der Waals surface area contributed by atoms with Gasteiger partial charge in [-0.2, -0.15) is 0 Å². The van der Waals surface area contributed by atoms with Gasteiger partial charge in [-0.15, -0.1) is 0 Å². The number of ether oxygens (including phenoxy) is 1. The van der Waals surface area contributed by atoms with Gasteiger partial charge in [-0.05, 0) is 48.7 Å². The highest BCUT2D eigenvalue weighted by Gasteiger charge is 2.14.